The lowest BCUT2D eigenvalue weighted by atomic mass is 9.98. The van der Waals surface area contributed by atoms with Crippen molar-refractivity contribution in [3.63, 3.8) is 0 Å². The average Bonchev–Trinajstić information content (AvgIpc) is 2.99. The number of hydrogen-bond donors (Lipinski definition) is 2. The van der Waals surface area contributed by atoms with Gasteiger partial charge in [-0.2, -0.15) is 9.40 Å². The van der Waals surface area contributed by atoms with Crippen LogP contribution in [0.25, 0.3) is 0 Å². The number of hydrogen-bond acceptors (Lipinski definition) is 4. The third-order valence-corrected chi connectivity index (χ3v) is 6.28. The lowest BCUT2D eigenvalue weighted by Gasteiger charge is -2.38. The van der Waals surface area contributed by atoms with E-state index in [0.29, 0.717) is 18.8 Å². The summed E-state index contributed by atoms with van der Waals surface area (Å²) in [5.41, 5.74) is 6.06. The number of aryl methyl sites for hydroxylation is 1. The Morgan fingerprint density at radius 1 is 1.47 bits per heavy atom. The zero-order chi connectivity index (χ0) is 14.1. The van der Waals surface area contributed by atoms with Crippen LogP contribution in [0.1, 0.15) is 38.3 Å². The Hall–Kier alpha value is -0.920. The molecule has 0 aromatic carbocycles. The topological polar surface area (TPSA) is 92.1 Å². The van der Waals surface area contributed by atoms with E-state index < -0.39 is 15.6 Å². The van der Waals surface area contributed by atoms with Gasteiger partial charge in [-0.25, -0.2) is 8.42 Å². The van der Waals surface area contributed by atoms with Crippen molar-refractivity contribution in [2.45, 2.75) is 50.0 Å². The normalized spacial score (nSPS) is 19.2. The molecule has 108 valence electrons. The van der Waals surface area contributed by atoms with Crippen LogP contribution in [0, 0.1) is 6.92 Å². The molecular weight excluding hydrogens is 264 g/mol. The van der Waals surface area contributed by atoms with Crippen LogP contribution in [0.2, 0.25) is 0 Å². The van der Waals surface area contributed by atoms with Crippen molar-refractivity contribution in [1.29, 1.82) is 0 Å². The lowest BCUT2D eigenvalue weighted by Crippen LogP contribution is -2.54. The molecule has 0 spiro atoms. The van der Waals surface area contributed by atoms with Gasteiger partial charge >= 0.3 is 0 Å². The molecule has 0 radical (unpaired) electrons. The number of rotatable bonds is 5. The molecule has 1 aromatic heterocycles. The number of nitrogens with zero attached hydrogens (tertiary/aromatic N) is 2. The monoisotopic (exact) mass is 286 g/mol. The highest BCUT2D eigenvalue weighted by Crippen LogP contribution is 2.38. The van der Waals surface area contributed by atoms with Gasteiger partial charge < -0.3 is 5.73 Å². The summed E-state index contributed by atoms with van der Waals surface area (Å²) in [6.45, 7) is 4.39. The average molecular weight is 286 g/mol. The molecule has 0 aliphatic heterocycles. The zero-order valence-corrected chi connectivity index (χ0v) is 12.3. The summed E-state index contributed by atoms with van der Waals surface area (Å²) in [7, 11) is -3.53. The minimum Gasteiger partial charge on any atom is -0.329 e. The molecule has 3 N–H and O–H groups in total. The van der Waals surface area contributed by atoms with Gasteiger partial charge in [0, 0.05) is 18.6 Å². The molecule has 19 heavy (non-hydrogen) atoms. The third kappa shape index (κ3) is 2.30. The van der Waals surface area contributed by atoms with Crippen molar-refractivity contribution < 1.29 is 8.42 Å². The molecule has 0 bridgehead atoms. The van der Waals surface area contributed by atoms with E-state index in [2.05, 4.69) is 10.2 Å². The van der Waals surface area contributed by atoms with Gasteiger partial charge in [0.25, 0.3) is 0 Å². The van der Waals surface area contributed by atoms with Crippen LogP contribution >= 0.6 is 0 Å². The molecule has 1 aromatic rings. The molecule has 0 atom stereocenters. The molecule has 0 amide bonds. The quantitative estimate of drug-likeness (QED) is 0.844. The summed E-state index contributed by atoms with van der Waals surface area (Å²) in [4.78, 5) is 0.258. The van der Waals surface area contributed by atoms with Gasteiger partial charge in [-0.3, -0.25) is 5.10 Å². The van der Waals surface area contributed by atoms with Crippen molar-refractivity contribution in [3.05, 3.63) is 11.9 Å². The predicted molar refractivity (Wildman–Crippen MR) is 73.1 cm³/mol. The van der Waals surface area contributed by atoms with Crippen molar-refractivity contribution in [3.8, 4) is 0 Å². The minimum atomic E-state index is -3.53. The molecule has 1 aliphatic carbocycles. The van der Waals surface area contributed by atoms with Gasteiger partial charge in [-0.05, 0) is 19.8 Å². The second-order valence-electron chi connectivity index (χ2n) is 5.16. The number of aromatic nitrogens is 2. The van der Waals surface area contributed by atoms with Gasteiger partial charge in [0.2, 0.25) is 10.0 Å². The first-order valence-corrected chi connectivity index (χ1v) is 8.15. The van der Waals surface area contributed by atoms with E-state index in [1.165, 1.54) is 6.20 Å². The fraction of sp³-hybridized carbons (Fsp3) is 0.750. The molecule has 1 aliphatic rings. The van der Waals surface area contributed by atoms with E-state index in [9.17, 15) is 8.42 Å². The Kier molecular flexibility index (Phi) is 3.98. The largest absolute Gasteiger partial charge is 0.329 e. The molecule has 0 saturated heterocycles. The van der Waals surface area contributed by atoms with Crippen molar-refractivity contribution in [1.82, 2.24) is 14.5 Å². The van der Waals surface area contributed by atoms with Gasteiger partial charge in [0.1, 0.15) is 4.90 Å². The lowest BCUT2D eigenvalue weighted by molar-refractivity contribution is 0.205. The van der Waals surface area contributed by atoms with Gasteiger partial charge in [0.05, 0.1) is 11.9 Å². The Balaban J connectivity index is 2.44. The van der Waals surface area contributed by atoms with E-state index in [1.54, 1.807) is 11.2 Å². The highest BCUT2D eigenvalue weighted by molar-refractivity contribution is 7.89. The highest BCUT2D eigenvalue weighted by Gasteiger charge is 2.44. The Bertz CT molecular complexity index is 532. The maximum absolute atomic E-state index is 12.8. The molecule has 2 rings (SSSR count). The molecule has 0 unspecified atom stereocenters. The number of likely N-dealkylation sites (N-methyl/N-ethyl adjacent to an activating group) is 1. The number of nitrogens with two attached hydrogens (primary N) is 1. The summed E-state index contributed by atoms with van der Waals surface area (Å²) in [6.07, 6.45) is 5.13. The fourth-order valence-electron chi connectivity index (χ4n) is 3.07. The molecular formula is C12H22N4O2S. The van der Waals surface area contributed by atoms with Gasteiger partial charge in [-0.15, -0.1) is 0 Å². The smallest absolute Gasteiger partial charge is 0.246 e. The van der Waals surface area contributed by atoms with E-state index in [1.807, 2.05) is 6.92 Å². The summed E-state index contributed by atoms with van der Waals surface area (Å²) in [5, 5.41) is 6.51. The van der Waals surface area contributed by atoms with Crippen molar-refractivity contribution >= 4 is 10.0 Å². The summed E-state index contributed by atoms with van der Waals surface area (Å²) >= 11 is 0. The van der Waals surface area contributed by atoms with E-state index in [0.717, 1.165) is 25.7 Å². The van der Waals surface area contributed by atoms with Crippen LogP contribution in [0.3, 0.4) is 0 Å². The van der Waals surface area contributed by atoms with Crippen LogP contribution in [0.15, 0.2) is 11.1 Å². The van der Waals surface area contributed by atoms with Crippen LogP contribution in [-0.4, -0.2) is 41.5 Å². The van der Waals surface area contributed by atoms with Crippen molar-refractivity contribution in [2.75, 3.05) is 13.1 Å². The summed E-state index contributed by atoms with van der Waals surface area (Å²) in [6, 6.07) is 0. The second kappa shape index (κ2) is 5.22. The van der Waals surface area contributed by atoms with Gasteiger partial charge in [0.15, 0.2) is 0 Å². The van der Waals surface area contributed by atoms with Crippen LogP contribution in [0.4, 0.5) is 0 Å². The molecule has 1 heterocycles. The fourth-order valence-corrected chi connectivity index (χ4v) is 5.03. The minimum absolute atomic E-state index is 0.258. The van der Waals surface area contributed by atoms with Crippen molar-refractivity contribution in [2.24, 2.45) is 5.73 Å². The SMILES string of the molecule is CCN(C1(CN)CCCC1)S(=O)(=O)c1cn[nH]c1C. The first-order chi connectivity index (χ1) is 8.98. The van der Waals surface area contributed by atoms with E-state index in [4.69, 9.17) is 5.73 Å². The zero-order valence-electron chi connectivity index (χ0n) is 11.5. The summed E-state index contributed by atoms with van der Waals surface area (Å²) < 4.78 is 27.2. The molecule has 6 nitrogen and oxygen atoms in total. The first-order valence-electron chi connectivity index (χ1n) is 6.71. The highest BCUT2D eigenvalue weighted by atomic mass is 32.2. The van der Waals surface area contributed by atoms with Crippen LogP contribution in [-0.2, 0) is 10.0 Å². The predicted octanol–water partition coefficient (Wildman–Crippen LogP) is 1.00. The Labute approximate surface area is 114 Å². The van der Waals surface area contributed by atoms with Gasteiger partial charge in [-0.1, -0.05) is 19.8 Å². The first kappa shape index (κ1) is 14.5. The number of sulfonamides is 1. The maximum Gasteiger partial charge on any atom is 0.246 e. The number of H-pyrrole nitrogens is 1. The molecule has 7 heteroatoms. The molecule has 1 fully saturated rings. The Morgan fingerprint density at radius 2 is 2.11 bits per heavy atom. The standard InChI is InChI=1S/C12H22N4O2S/c1-3-16(12(9-13)6-4-5-7-12)19(17,18)11-8-14-15-10(11)2/h8H,3-7,9,13H2,1-2H3,(H,14,15). The van der Waals surface area contributed by atoms with Crippen LogP contribution < -0.4 is 5.73 Å². The maximum atomic E-state index is 12.8. The van der Waals surface area contributed by atoms with E-state index >= 15 is 0 Å². The third-order valence-electron chi connectivity index (χ3n) is 4.08. The van der Waals surface area contributed by atoms with Crippen LogP contribution in [0.5, 0.6) is 0 Å². The second-order valence-corrected chi connectivity index (χ2v) is 7.00. The van der Waals surface area contributed by atoms with E-state index in [-0.39, 0.29) is 4.90 Å². The Morgan fingerprint density at radius 3 is 2.53 bits per heavy atom. The summed E-state index contributed by atoms with van der Waals surface area (Å²) in [5.74, 6) is 0. The molecule has 1 saturated carbocycles. The number of aromatic amines is 1. The number of nitrogens with one attached hydrogen (secondary N) is 1.